The van der Waals surface area contributed by atoms with Crippen molar-refractivity contribution in [1.29, 1.82) is 0 Å². The normalized spacial score (nSPS) is 14.5. The number of rotatable bonds is 6. The van der Waals surface area contributed by atoms with Gasteiger partial charge in [-0.2, -0.15) is 0 Å². The molecule has 6 N–H and O–H groups in total. The highest BCUT2D eigenvalue weighted by Gasteiger charge is 2.18. The number of nitrogens with one attached hydrogen (secondary N) is 1. The molecule has 7 heteroatoms. The maximum Gasteiger partial charge on any atom is 0.250 e. The van der Waals surface area contributed by atoms with Crippen molar-refractivity contribution >= 4 is 11.8 Å². The Balaban J connectivity index is 3.89. The van der Waals surface area contributed by atoms with Gasteiger partial charge in [-0.25, -0.2) is 0 Å². The highest BCUT2D eigenvalue weighted by Crippen LogP contribution is 1.87. The quantitative estimate of drug-likeness (QED) is 0.365. The van der Waals surface area contributed by atoms with E-state index < -0.39 is 24.0 Å². The van der Waals surface area contributed by atoms with Crippen LogP contribution in [0.4, 0.5) is 0 Å². The van der Waals surface area contributed by atoms with Gasteiger partial charge >= 0.3 is 0 Å². The smallest absolute Gasteiger partial charge is 0.250 e. The largest absolute Gasteiger partial charge is 0.381 e. The number of aliphatic hydroxyl groups is 1. The van der Waals surface area contributed by atoms with Crippen molar-refractivity contribution in [2.75, 3.05) is 20.2 Å². The third-order valence-electron chi connectivity index (χ3n) is 1.59. The molecular formula is C7H15N3O4. The van der Waals surface area contributed by atoms with Crippen molar-refractivity contribution in [3.05, 3.63) is 0 Å². The van der Waals surface area contributed by atoms with Crippen LogP contribution in [0.1, 0.15) is 0 Å². The Morgan fingerprint density at radius 3 is 2.50 bits per heavy atom. The molecule has 0 aromatic rings. The Morgan fingerprint density at radius 2 is 2.14 bits per heavy atom. The summed E-state index contributed by atoms with van der Waals surface area (Å²) < 4.78 is 4.72. The average Bonchev–Trinajstić information content (AvgIpc) is 2.15. The van der Waals surface area contributed by atoms with E-state index >= 15 is 0 Å². The second-order valence-electron chi connectivity index (χ2n) is 2.62. The Kier molecular flexibility index (Phi) is 5.77. The molecule has 0 saturated carbocycles. The summed E-state index contributed by atoms with van der Waals surface area (Å²) in [7, 11) is 1.33. The van der Waals surface area contributed by atoms with Gasteiger partial charge in [-0.3, -0.25) is 9.59 Å². The van der Waals surface area contributed by atoms with Gasteiger partial charge in [-0.1, -0.05) is 0 Å². The zero-order valence-corrected chi connectivity index (χ0v) is 7.90. The minimum absolute atomic E-state index is 0.0228. The minimum atomic E-state index is -1.39. The Hall–Kier alpha value is -1.18. The van der Waals surface area contributed by atoms with E-state index in [1.807, 2.05) is 0 Å². The summed E-state index contributed by atoms with van der Waals surface area (Å²) in [6.07, 6.45) is -2.18. The zero-order valence-electron chi connectivity index (χ0n) is 7.90. The molecule has 0 aliphatic carbocycles. The van der Waals surface area contributed by atoms with Crippen LogP contribution in [0.5, 0.6) is 0 Å². The molecule has 2 unspecified atom stereocenters. The van der Waals surface area contributed by atoms with Gasteiger partial charge < -0.3 is 26.6 Å². The molecule has 0 aromatic carbocycles. The Bertz CT molecular complexity index is 205. The molecule has 0 aliphatic rings. The number of carbonyl (C=O) groups excluding carboxylic acids is 2. The molecule has 7 nitrogen and oxygen atoms in total. The van der Waals surface area contributed by atoms with Crippen LogP contribution in [0.3, 0.4) is 0 Å². The molecule has 0 heterocycles. The van der Waals surface area contributed by atoms with Gasteiger partial charge in [0.05, 0.1) is 6.54 Å². The molecule has 0 aromatic heterocycles. The van der Waals surface area contributed by atoms with Crippen LogP contribution < -0.4 is 16.8 Å². The maximum atomic E-state index is 11.2. The summed E-state index contributed by atoms with van der Waals surface area (Å²) in [5.74, 6) is -1.39. The molecule has 0 radical (unpaired) electrons. The van der Waals surface area contributed by atoms with Crippen LogP contribution in [-0.4, -0.2) is 49.3 Å². The standard InChI is InChI=1S/C7H15N3O4/c1-14-5(2-8)7(13)10-3-4(11)6(9)12/h4-5,11H,2-3,8H2,1H3,(H2,9,12)(H,10,13). The topological polar surface area (TPSA) is 128 Å². The lowest BCUT2D eigenvalue weighted by atomic mass is 10.3. The van der Waals surface area contributed by atoms with Crippen molar-refractivity contribution in [2.45, 2.75) is 12.2 Å². The van der Waals surface area contributed by atoms with Gasteiger partial charge in [0.2, 0.25) is 5.91 Å². The van der Waals surface area contributed by atoms with Gasteiger partial charge in [0, 0.05) is 13.7 Å². The number of primary amides is 1. The van der Waals surface area contributed by atoms with E-state index in [1.54, 1.807) is 0 Å². The molecule has 2 atom stereocenters. The molecule has 0 rings (SSSR count). The minimum Gasteiger partial charge on any atom is -0.381 e. The molecule has 14 heavy (non-hydrogen) atoms. The molecule has 82 valence electrons. The summed E-state index contributed by atoms with van der Waals surface area (Å²) >= 11 is 0. The summed E-state index contributed by atoms with van der Waals surface area (Å²) in [5, 5.41) is 11.2. The second-order valence-corrected chi connectivity index (χ2v) is 2.62. The summed E-state index contributed by atoms with van der Waals surface area (Å²) in [5.41, 5.74) is 9.98. The monoisotopic (exact) mass is 205 g/mol. The zero-order chi connectivity index (χ0) is 11.1. The second kappa shape index (κ2) is 6.30. The van der Waals surface area contributed by atoms with Crippen LogP contribution >= 0.6 is 0 Å². The van der Waals surface area contributed by atoms with Gasteiger partial charge in [0.25, 0.3) is 5.91 Å². The third-order valence-corrected chi connectivity index (χ3v) is 1.59. The fourth-order valence-corrected chi connectivity index (χ4v) is 0.722. The molecule has 0 fully saturated rings. The van der Waals surface area contributed by atoms with E-state index in [1.165, 1.54) is 7.11 Å². The lowest BCUT2D eigenvalue weighted by molar-refractivity contribution is -0.132. The number of aliphatic hydroxyl groups excluding tert-OH is 1. The van der Waals surface area contributed by atoms with E-state index in [4.69, 9.17) is 21.3 Å². The van der Waals surface area contributed by atoms with E-state index in [0.717, 1.165) is 0 Å². The van der Waals surface area contributed by atoms with Gasteiger partial charge in [-0.15, -0.1) is 0 Å². The van der Waals surface area contributed by atoms with Crippen LogP contribution in [-0.2, 0) is 14.3 Å². The molecule has 0 spiro atoms. The molecule has 0 aliphatic heterocycles. The van der Waals surface area contributed by atoms with Gasteiger partial charge in [-0.05, 0) is 0 Å². The summed E-state index contributed by atoms with van der Waals surface area (Å²) in [4.78, 5) is 21.5. The number of nitrogens with two attached hydrogens (primary N) is 2. The third kappa shape index (κ3) is 4.17. The SMILES string of the molecule is COC(CN)C(=O)NCC(O)C(N)=O. The van der Waals surface area contributed by atoms with E-state index in [2.05, 4.69) is 5.32 Å². The van der Waals surface area contributed by atoms with Crippen molar-refractivity contribution in [2.24, 2.45) is 11.5 Å². The van der Waals surface area contributed by atoms with Crippen molar-refractivity contribution in [3.63, 3.8) is 0 Å². The molecule has 2 amide bonds. The number of hydrogen-bond acceptors (Lipinski definition) is 5. The number of carbonyl (C=O) groups is 2. The average molecular weight is 205 g/mol. The number of methoxy groups -OCH3 is 1. The first kappa shape index (κ1) is 12.8. The first-order valence-corrected chi connectivity index (χ1v) is 4.00. The van der Waals surface area contributed by atoms with E-state index in [-0.39, 0.29) is 13.1 Å². The van der Waals surface area contributed by atoms with Gasteiger partial charge in [0.15, 0.2) is 0 Å². The van der Waals surface area contributed by atoms with E-state index in [0.29, 0.717) is 0 Å². The summed E-state index contributed by atoms with van der Waals surface area (Å²) in [6, 6.07) is 0. The highest BCUT2D eigenvalue weighted by molar-refractivity contribution is 5.83. The lowest BCUT2D eigenvalue weighted by Crippen LogP contribution is -2.46. The van der Waals surface area contributed by atoms with Gasteiger partial charge in [0.1, 0.15) is 12.2 Å². The predicted molar refractivity (Wildman–Crippen MR) is 48.1 cm³/mol. The van der Waals surface area contributed by atoms with Crippen molar-refractivity contribution < 1.29 is 19.4 Å². The number of hydrogen-bond donors (Lipinski definition) is 4. The number of amides is 2. The molecular weight excluding hydrogens is 190 g/mol. The van der Waals surface area contributed by atoms with Crippen LogP contribution in [0.25, 0.3) is 0 Å². The number of ether oxygens (including phenoxy) is 1. The first-order valence-electron chi connectivity index (χ1n) is 4.00. The highest BCUT2D eigenvalue weighted by atomic mass is 16.5. The fraction of sp³-hybridized carbons (Fsp3) is 0.714. The van der Waals surface area contributed by atoms with Crippen molar-refractivity contribution in [1.82, 2.24) is 5.32 Å². The van der Waals surface area contributed by atoms with Crippen LogP contribution in [0.15, 0.2) is 0 Å². The maximum absolute atomic E-state index is 11.2. The molecule has 0 bridgehead atoms. The molecule has 0 saturated heterocycles. The summed E-state index contributed by atoms with van der Waals surface area (Å²) in [6.45, 7) is -0.219. The fourth-order valence-electron chi connectivity index (χ4n) is 0.722. The lowest BCUT2D eigenvalue weighted by Gasteiger charge is -2.14. The van der Waals surface area contributed by atoms with Crippen LogP contribution in [0.2, 0.25) is 0 Å². The Morgan fingerprint density at radius 1 is 1.57 bits per heavy atom. The van der Waals surface area contributed by atoms with E-state index in [9.17, 15) is 9.59 Å². The first-order chi connectivity index (χ1) is 6.52. The Labute approximate surface area is 81.4 Å². The van der Waals surface area contributed by atoms with Crippen molar-refractivity contribution in [3.8, 4) is 0 Å². The van der Waals surface area contributed by atoms with Crippen LogP contribution in [0, 0.1) is 0 Å². The predicted octanol–water partition coefficient (Wildman–Crippen LogP) is -3.08.